The summed E-state index contributed by atoms with van der Waals surface area (Å²) in [6.45, 7) is 3.68. The van der Waals surface area contributed by atoms with Crippen LogP contribution in [0.5, 0.6) is 0 Å². The molecule has 0 atom stereocenters. The Morgan fingerprint density at radius 1 is 1.21 bits per heavy atom. The van der Waals surface area contributed by atoms with E-state index in [9.17, 15) is 4.79 Å². The molecule has 2 aromatic rings. The summed E-state index contributed by atoms with van der Waals surface area (Å²) in [6, 6.07) is 7.64. The van der Waals surface area contributed by atoms with E-state index in [1.54, 1.807) is 0 Å². The van der Waals surface area contributed by atoms with Crippen molar-refractivity contribution in [3.05, 3.63) is 42.5 Å². The van der Waals surface area contributed by atoms with Crippen LogP contribution in [0, 0.1) is 0 Å². The van der Waals surface area contributed by atoms with Crippen LogP contribution in [0.15, 0.2) is 36.9 Å². The van der Waals surface area contributed by atoms with Crippen molar-refractivity contribution in [3.8, 4) is 0 Å². The third-order valence-corrected chi connectivity index (χ3v) is 3.22. The van der Waals surface area contributed by atoms with Crippen LogP contribution >= 0.6 is 0 Å². The van der Waals surface area contributed by atoms with Gasteiger partial charge in [-0.05, 0) is 12.1 Å². The molecule has 98 valence electrons. The van der Waals surface area contributed by atoms with Gasteiger partial charge in [-0.1, -0.05) is 12.1 Å². The molecule has 0 bridgehead atoms. The van der Waals surface area contributed by atoms with Crippen LogP contribution in [0.3, 0.4) is 0 Å². The van der Waals surface area contributed by atoms with E-state index >= 15 is 0 Å². The minimum Gasteiger partial charge on any atom is -0.368 e. The predicted molar refractivity (Wildman–Crippen MR) is 71.3 cm³/mol. The summed E-state index contributed by atoms with van der Waals surface area (Å²) in [4.78, 5) is 18.4. The maximum atomic E-state index is 12.4. The number of nitrogens with zero attached hydrogens (tertiary/aromatic N) is 4. The number of para-hydroxylation sites is 1. The molecular formula is C13H15N5O. The average Bonchev–Trinajstić information content (AvgIpc) is 3.02. The van der Waals surface area contributed by atoms with Crippen molar-refractivity contribution in [2.24, 2.45) is 0 Å². The molecule has 6 nitrogen and oxygen atoms in total. The Morgan fingerprint density at radius 3 is 2.74 bits per heavy atom. The average molecular weight is 257 g/mol. The number of aromatic nitrogens is 3. The van der Waals surface area contributed by atoms with E-state index < -0.39 is 0 Å². The number of benzene rings is 1. The van der Waals surface area contributed by atoms with Gasteiger partial charge in [0.25, 0.3) is 5.91 Å². The maximum Gasteiger partial charge on any atom is 0.281 e. The maximum absolute atomic E-state index is 12.4. The summed E-state index contributed by atoms with van der Waals surface area (Å²) in [5, 5.41) is 7.21. The molecule has 0 radical (unpaired) electrons. The summed E-state index contributed by atoms with van der Waals surface area (Å²) in [5.41, 5.74) is 1.62. The number of piperazine rings is 1. The van der Waals surface area contributed by atoms with Crippen molar-refractivity contribution in [1.82, 2.24) is 20.1 Å². The van der Waals surface area contributed by atoms with Crippen molar-refractivity contribution >= 4 is 11.6 Å². The molecule has 0 unspecified atom stereocenters. The van der Waals surface area contributed by atoms with Gasteiger partial charge in [0.15, 0.2) is 0 Å². The fraction of sp³-hybridized carbons (Fsp3) is 0.308. The minimum absolute atomic E-state index is 0.147. The summed E-state index contributed by atoms with van der Waals surface area (Å²) >= 11 is 0. The van der Waals surface area contributed by atoms with Crippen molar-refractivity contribution in [1.29, 1.82) is 0 Å². The Labute approximate surface area is 111 Å². The monoisotopic (exact) mass is 257 g/mol. The van der Waals surface area contributed by atoms with Crippen molar-refractivity contribution in [2.75, 3.05) is 31.1 Å². The zero-order valence-electron chi connectivity index (χ0n) is 10.5. The largest absolute Gasteiger partial charge is 0.368 e. The van der Waals surface area contributed by atoms with E-state index in [4.69, 9.17) is 0 Å². The van der Waals surface area contributed by atoms with Gasteiger partial charge >= 0.3 is 0 Å². The van der Waals surface area contributed by atoms with Gasteiger partial charge in [0.05, 0.1) is 5.56 Å². The lowest BCUT2D eigenvalue weighted by Gasteiger charge is -2.30. The summed E-state index contributed by atoms with van der Waals surface area (Å²) in [7, 11) is 0. The SMILES string of the molecule is O=C(c1ccccc1N1CCNCC1)n1cncn1. The van der Waals surface area contributed by atoms with Gasteiger partial charge in [-0.2, -0.15) is 9.78 Å². The quantitative estimate of drug-likeness (QED) is 0.842. The number of carbonyl (C=O) groups is 1. The van der Waals surface area contributed by atoms with E-state index in [2.05, 4.69) is 20.3 Å². The lowest BCUT2D eigenvalue weighted by molar-refractivity contribution is 0.0945. The smallest absolute Gasteiger partial charge is 0.281 e. The molecule has 1 fully saturated rings. The summed E-state index contributed by atoms with van der Waals surface area (Å²) in [6.07, 6.45) is 2.79. The first-order valence-electron chi connectivity index (χ1n) is 6.30. The first-order chi connectivity index (χ1) is 9.36. The summed E-state index contributed by atoms with van der Waals surface area (Å²) < 4.78 is 1.26. The molecule has 6 heteroatoms. The van der Waals surface area contributed by atoms with Gasteiger partial charge in [-0.3, -0.25) is 4.79 Å². The Bertz CT molecular complexity index is 560. The zero-order valence-corrected chi connectivity index (χ0v) is 10.5. The molecule has 1 aromatic heterocycles. The third kappa shape index (κ3) is 2.34. The van der Waals surface area contributed by atoms with Gasteiger partial charge < -0.3 is 10.2 Å². The highest BCUT2D eigenvalue weighted by atomic mass is 16.2. The second-order valence-corrected chi connectivity index (χ2v) is 4.40. The minimum atomic E-state index is -0.147. The Kier molecular flexibility index (Phi) is 3.24. The number of carbonyl (C=O) groups excluding carboxylic acids is 1. The highest BCUT2D eigenvalue weighted by Gasteiger charge is 2.19. The molecule has 1 N–H and O–H groups in total. The lowest BCUT2D eigenvalue weighted by atomic mass is 10.1. The van der Waals surface area contributed by atoms with Crippen LogP contribution < -0.4 is 10.2 Å². The molecule has 0 saturated carbocycles. The molecule has 1 aliphatic rings. The molecule has 1 saturated heterocycles. The second kappa shape index (κ2) is 5.19. The van der Waals surface area contributed by atoms with E-state index in [1.807, 2.05) is 24.3 Å². The number of nitrogens with one attached hydrogen (secondary N) is 1. The van der Waals surface area contributed by atoms with E-state index in [-0.39, 0.29) is 5.91 Å². The van der Waals surface area contributed by atoms with E-state index in [0.29, 0.717) is 5.56 Å². The number of hydrogen-bond acceptors (Lipinski definition) is 5. The first kappa shape index (κ1) is 11.9. The zero-order chi connectivity index (χ0) is 13.1. The number of anilines is 1. The van der Waals surface area contributed by atoms with Crippen molar-refractivity contribution < 1.29 is 4.79 Å². The molecule has 3 rings (SSSR count). The van der Waals surface area contributed by atoms with Crippen LogP contribution in [0.4, 0.5) is 5.69 Å². The third-order valence-electron chi connectivity index (χ3n) is 3.22. The Balaban J connectivity index is 1.95. The van der Waals surface area contributed by atoms with Crippen LogP contribution in [0.25, 0.3) is 0 Å². The van der Waals surface area contributed by atoms with Gasteiger partial charge in [-0.25, -0.2) is 4.98 Å². The molecule has 2 heterocycles. The Morgan fingerprint density at radius 2 is 2.00 bits per heavy atom. The van der Waals surface area contributed by atoms with Gasteiger partial charge in [0.1, 0.15) is 12.7 Å². The van der Waals surface area contributed by atoms with Crippen LogP contribution in [-0.2, 0) is 0 Å². The lowest BCUT2D eigenvalue weighted by Crippen LogP contribution is -2.44. The van der Waals surface area contributed by atoms with Gasteiger partial charge in [0, 0.05) is 31.9 Å². The number of hydrogen-bond donors (Lipinski definition) is 1. The predicted octanol–water partition coefficient (Wildman–Crippen LogP) is 0.376. The Hall–Kier alpha value is -2.21. The van der Waals surface area contributed by atoms with Crippen LogP contribution in [0.2, 0.25) is 0 Å². The molecule has 1 aliphatic heterocycles. The van der Waals surface area contributed by atoms with Crippen LogP contribution in [-0.4, -0.2) is 46.9 Å². The molecule has 1 aromatic carbocycles. The molecule has 0 aliphatic carbocycles. The van der Waals surface area contributed by atoms with Crippen molar-refractivity contribution in [2.45, 2.75) is 0 Å². The standard InChI is InChI=1S/C13H15N5O/c19-13(18-10-15-9-16-18)11-3-1-2-4-12(11)17-7-5-14-6-8-17/h1-4,9-10,14H,5-8H2. The first-order valence-corrected chi connectivity index (χ1v) is 6.30. The highest BCUT2D eigenvalue weighted by molar-refractivity contribution is 6.00. The topological polar surface area (TPSA) is 63.1 Å². The molecule has 19 heavy (non-hydrogen) atoms. The normalized spacial score (nSPS) is 15.5. The van der Waals surface area contributed by atoms with E-state index in [0.717, 1.165) is 31.9 Å². The molecule has 0 amide bonds. The van der Waals surface area contributed by atoms with Gasteiger partial charge in [-0.15, -0.1) is 0 Å². The van der Waals surface area contributed by atoms with Crippen LogP contribution in [0.1, 0.15) is 10.4 Å². The molecule has 0 spiro atoms. The fourth-order valence-electron chi connectivity index (χ4n) is 2.27. The van der Waals surface area contributed by atoms with Crippen molar-refractivity contribution in [3.63, 3.8) is 0 Å². The highest BCUT2D eigenvalue weighted by Crippen LogP contribution is 2.21. The number of rotatable bonds is 2. The fourth-order valence-corrected chi connectivity index (χ4v) is 2.27. The molecular weight excluding hydrogens is 242 g/mol. The second-order valence-electron chi connectivity index (χ2n) is 4.40. The summed E-state index contributed by atoms with van der Waals surface area (Å²) in [5.74, 6) is -0.147. The van der Waals surface area contributed by atoms with E-state index in [1.165, 1.54) is 17.3 Å². The van der Waals surface area contributed by atoms with Gasteiger partial charge in [0.2, 0.25) is 0 Å².